The number of benzene rings is 1. The number of hydrogen-bond donors (Lipinski definition) is 0. The van der Waals surface area contributed by atoms with Crippen molar-refractivity contribution in [3.8, 4) is 17.1 Å². The molecule has 0 saturated heterocycles. The lowest BCUT2D eigenvalue weighted by Crippen LogP contribution is -2.24. The molecule has 0 saturated carbocycles. The van der Waals surface area contributed by atoms with E-state index in [0.29, 0.717) is 24.0 Å². The second-order valence-electron chi connectivity index (χ2n) is 6.11. The predicted octanol–water partition coefficient (Wildman–Crippen LogP) is 3.74. The molecule has 0 aliphatic rings. The third-order valence-corrected chi connectivity index (χ3v) is 3.90. The van der Waals surface area contributed by atoms with E-state index in [9.17, 15) is 13.2 Å². The van der Waals surface area contributed by atoms with Crippen LogP contribution < -0.4 is 4.74 Å². The fourth-order valence-electron chi connectivity index (χ4n) is 2.63. The zero-order chi connectivity index (χ0) is 19.4. The molecule has 2 heterocycles. The van der Waals surface area contributed by atoms with Crippen molar-refractivity contribution < 1.29 is 22.3 Å². The van der Waals surface area contributed by atoms with Gasteiger partial charge < -0.3 is 13.7 Å². The highest BCUT2D eigenvalue weighted by atomic mass is 19.4. The number of oxazole rings is 1. The molecule has 0 unspecified atom stereocenters. The van der Waals surface area contributed by atoms with Gasteiger partial charge in [-0.1, -0.05) is 0 Å². The molecule has 0 amide bonds. The van der Waals surface area contributed by atoms with Gasteiger partial charge in [0.15, 0.2) is 5.76 Å². The third-order valence-electron chi connectivity index (χ3n) is 3.90. The molecule has 0 atom stereocenters. The van der Waals surface area contributed by atoms with E-state index in [1.807, 2.05) is 24.3 Å². The molecule has 0 fully saturated rings. The van der Waals surface area contributed by atoms with Gasteiger partial charge >= 0.3 is 6.18 Å². The summed E-state index contributed by atoms with van der Waals surface area (Å²) in [6.45, 7) is -0.477. The number of hydrogen-bond acceptors (Lipinski definition) is 5. The second-order valence-corrected chi connectivity index (χ2v) is 6.11. The molecule has 27 heavy (non-hydrogen) atoms. The average Bonchev–Trinajstić information content (AvgIpc) is 3.23. The van der Waals surface area contributed by atoms with Gasteiger partial charge in [0.2, 0.25) is 5.89 Å². The third kappa shape index (κ3) is 5.10. The fraction of sp³-hybridized carbons (Fsp3) is 0.333. The Labute approximate surface area is 154 Å². The van der Waals surface area contributed by atoms with Gasteiger partial charge in [-0.25, -0.2) is 9.97 Å². The molecular weight excluding hydrogens is 361 g/mol. The lowest BCUT2D eigenvalue weighted by atomic mass is 10.2. The highest BCUT2D eigenvalue weighted by Gasteiger charge is 2.29. The van der Waals surface area contributed by atoms with E-state index in [4.69, 9.17) is 9.15 Å². The maximum atomic E-state index is 12.6. The number of ether oxygens (including phenoxy) is 1. The van der Waals surface area contributed by atoms with Crippen molar-refractivity contribution in [3.63, 3.8) is 0 Å². The normalized spacial score (nSPS) is 11.9. The Balaban J connectivity index is 1.63. The van der Waals surface area contributed by atoms with Gasteiger partial charge in [0, 0.05) is 18.0 Å². The van der Waals surface area contributed by atoms with Crippen molar-refractivity contribution in [3.05, 3.63) is 54.6 Å². The van der Waals surface area contributed by atoms with Crippen molar-refractivity contribution in [2.45, 2.75) is 25.8 Å². The molecule has 0 aliphatic heterocycles. The number of halogens is 3. The molecule has 2 aromatic heterocycles. The van der Waals surface area contributed by atoms with Crippen LogP contribution in [0, 0.1) is 0 Å². The minimum atomic E-state index is -4.29. The van der Waals surface area contributed by atoms with E-state index in [0.717, 1.165) is 15.9 Å². The Morgan fingerprint density at radius 1 is 1.15 bits per heavy atom. The maximum absolute atomic E-state index is 12.6. The number of imidazole rings is 1. The summed E-state index contributed by atoms with van der Waals surface area (Å²) in [5.74, 6) is 2.15. The molecule has 9 heteroatoms. The number of methoxy groups -OCH3 is 1. The standard InChI is InChI=1S/C18H19F3N4O2/c1-24(10-16-22-7-8-25(16)12-18(19,20)21)11-17-23-9-15(27-17)13-3-5-14(26-2)6-4-13/h3-9H,10-12H2,1-2H3. The van der Waals surface area contributed by atoms with Crippen LogP contribution in [0.5, 0.6) is 5.75 Å². The molecule has 0 spiro atoms. The SMILES string of the molecule is COc1ccc(-c2cnc(CN(C)Cc3nccn3CC(F)(F)F)o2)cc1. The van der Waals surface area contributed by atoms with Crippen molar-refractivity contribution in [2.75, 3.05) is 14.2 Å². The fourth-order valence-corrected chi connectivity index (χ4v) is 2.63. The number of aromatic nitrogens is 3. The van der Waals surface area contributed by atoms with Gasteiger partial charge in [-0.3, -0.25) is 4.90 Å². The molecule has 0 aliphatic carbocycles. The van der Waals surface area contributed by atoms with E-state index < -0.39 is 12.7 Å². The first-order chi connectivity index (χ1) is 12.8. The van der Waals surface area contributed by atoms with Crippen LogP contribution in [-0.2, 0) is 19.6 Å². The largest absolute Gasteiger partial charge is 0.497 e. The van der Waals surface area contributed by atoms with Crippen LogP contribution >= 0.6 is 0 Å². The summed E-state index contributed by atoms with van der Waals surface area (Å²) < 4.78 is 49.8. The van der Waals surface area contributed by atoms with Gasteiger partial charge in [-0.2, -0.15) is 13.2 Å². The van der Waals surface area contributed by atoms with Crippen LogP contribution in [0.25, 0.3) is 11.3 Å². The van der Waals surface area contributed by atoms with Crippen LogP contribution in [0.2, 0.25) is 0 Å². The molecule has 0 bridgehead atoms. The summed E-state index contributed by atoms with van der Waals surface area (Å²) in [6, 6.07) is 7.37. The van der Waals surface area contributed by atoms with Crippen molar-refractivity contribution in [1.82, 2.24) is 19.4 Å². The Kier molecular flexibility index (Phi) is 5.50. The lowest BCUT2D eigenvalue weighted by molar-refractivity contribution is -0.141. The summed E-state index contributed by atoms with van der Waals surface area (Å²) in [4.78, 5) is 10.0. The monoisotopic (exact) mass is 380 g/mol. The van der Waals surface area contributed by atoms with Crippen LogP contribution in [0.1, 0.15) is 11.7 Å². The molecule has 0 N–H and O–H groups in total. The Morgan fingerprint density at radius 3 is 2.56 bits per heavy atom. The topological polar surface area (TPSA) is 56.3 Å². The van der Waals surface area contributed by atoms with Crippen LogP contribution in [0.15, 0.2) is 47.3 Å². The zero-order valence-electron chi connectivity index (χ0n) is 14.9. The zero-order valence-corrected chi connectivity index (χ0v) is 14.9. The van der Waals surface area contributed by atoms with Gasteiger partial charge in [0.05, 0.1) is 26.4 Å². The Morgan fingerprint density at radius 2 is 1.89 bits per heavy atom. The van der Waals surface area contributed by atoms with Crippen LogP contribution in [-0.4, -0.2) is 39.8 Å². The van der Waals surface area contributed by atoms with Gasteiger partial charge in [0.25, 0.3) is 0 Å². The molecular formula is C18H19F3N4O2. The van der Waals surface area contributed by atoms with Crippen molar-refractivity contribution >= 4 is 0 Å². The summed E-state index contributed by atoms with van der Waals surface area (Å²) in [6.07, 6.45) is 0.0187. The summed E-state index contributed by atoms with van der Waals surface area (Å²) >= 11 is 0. The first-order valence-corrected chi connectivity index (χ1v) is 8.18. The Bertz CT molecular complexity index is 871. The smallest absolute Gasteiger partial charge is 0.406 e. The lowest BCUT2D eigenvalue weighted by Gasteiger charge is -2.16. The summed E-state index contributed by atoms with van der Waals surface area (Å²) in [5, 5.41) is 0. The number of nitrogens with zero attached hydrogens (tertiary/aromatic N) is 4. The highest BCUT2D eigenvalue weighted by molar-refractivity contribution is 5.57. The van der Waals surface area contributed by atoms with Crippen LogP contribution in [0.3, 0.4) is 0 Å². The van der Waals surface area contributed by atoms with E-state index >= 15 is 0 Å². The molecule has 3 aromatic rings. The molecule has 6 nitrogen and oxygen atoms in total. The minimum absolute atomic E-state index is 0.239. The van der Waals surface area contributed by atoms with Crippen molar-refractivity contribution in [2.24, 2.45) is 0 Å². The van der Waals surface area contributed by atoms with Gasteiger partial charge in [0.1, 0.15) is 18.1 Å². The maximum Gasteiger partial charge on any atom is 0.406 e. The quantitative estimate of drug-likeness (QED) is 0.625. The summed E-state index contributed by atoms with van der Waals surface area (Å²) in [5.41, 5.74) is 0.859. The first-order valence-electron chi connectivity index (χ1n) is 8.18. The average molecular weight is 380 g/mol. The Hall–Kier alpha value is -2.81. The molecule has 0 radical (unpaired) electrons. The highest BCUT2D eigenvalue weighted by Crippen LogP contribution is 2.24. The molecule has 3 rings (SSSR count). The van der Waals surface area contributed by atoms with Gasteiger partial charge in [-0.15, -0.1) is 0 Å². The van der Waals surface area contributed by atoms with E-state index in [1.54, 1.807) is 25.3 Å². The van der Waals surface area contributed by atoms with E-state index in [2.05, 4.69) is 9.97 Å². The van der Waals surface area contributed by atoms with Crippen molar-refractivity contribution in [1.29, 1.82) is 0 Å². The van der Waals surface area contributed by atoms with E-state index in [1.165, 1.54) is 12.4 Å². The minimum Gasteiger partial charge on any atom is -0.497 e. The second kappa shape index (κ2) is 7.83. The van der Waals surface area contributed by atoms with Gasteiger partial charge in [-0.05, 0) is 31.3 Å². The molecule has 1 aromatic carbocycles. The van der Waals surface area contributed by atoms with E-state index in [-0.39, 0.29) is 6.54 Å². The number of rotatable bonds is 7. The van der Waals surface area contributed by atoms with Crippen LogP contribution in [0.4, 0.5) is 13.2 Å². The first kappa shape index (κ1) is 19.0. The summed E-state index contributed by atoms with van der Waals surface area (Å²) in [7, 11) is 3.36. The molecule has 144 valence electrons. The number of alkyl halides is 3. The predicted molar refractivity (Wildman–Crippen MR) is 91.9 cm³/mol.